The number of benzene rings is 1. The van der Waals surface area contributed by atoms with Crippen molar-refractivity contribution >= 4 is 17.7 Å². The molecular formula is C21H26N4O3. The summed E-state index contributed by atoms with van der Waals surface area (Å²) in [5.41, 5.74) is 2.54. The number of hydrogen-bond acceptors (Lipinski definition) is 5. The fourth-order valence-corrected chi connectivity index (χ4v) is 3.13. The van der Waals surface area contributed by atoms with Gasteiger partial charge in [-0.1, -0.05) is 30.3 Å². The average Bonchev–Trinajstić information content (AvgIpc) is 2.75. The van der Waals surface area contributed by atoms with Gasteiger partial charge in [0.15, 0.2) is 0 Å². The number of anilines is 1. The molecule has 2 heterocycles. The Labute approximate surface area is 165 Å². The van der Waals surface area contributed by atoms with Crippen molar-refractivity contribution in [3.8, 4) is 0 Å². The zero-order chi connectivity index (χ0) is 19.8. The van der Waals surface area contributed by atoms with Gasteiger partial charge in [-0.2, -0.15) is 0 Å². The van der Waals surface area contributed by atoms with E-state index in [0.717, 1.165) is 12.1 Å². The van der Waals surface area contributed by atoms with E-state index in [-0.39, 0.29) is 12.0 Å². The Hall–Kier alpha value is -3.09. The number of pyridine rings is 1. The summed E-state index contributed by atoms with van der Waals surface area (Å²) in [5.74, 6) is -0.172. The number of amides is 2. The third-order valence-corrected chi connectivity index (χ3v) is 4.69. The minimum absolute atomic E-state index is 0.172. The maximum absolute atomic E-state index is 12.3. The molecule has 1 aromatic carbocycles. The van der Waals surface area contributed by atoms with Gasteiger partial charge in [0, 0.05) is 32.7 Å². The quantitative estimate of drug-likeness (QED) is 0.830. The van der Waals surface area contributed by atoms with Crippen molar-refractivity contribution in [1.82, 2.24) is 15.2 Å². The molecule has 2 amide bonds. The van der Waals surface area contributed by atoms with E-state index in [0.29, 0.717) is 45.0 Å². The smallest absolute Gasteiger partial charge is 0.409 e. The fraction of sp³-hybridized carbons (Fsp3) is 0.381. The molecule has 0 bridgehead atoms. The van der Waals surface area contributed by atoms with Gasteiger partial charge >= 0.3 is 6.09 Å². The van der Waals surface area contributed by atoms with Crippen LogP contribution in [0.5, 0.6) is 0 Å². The van der Waals surface area contributed by atoms with E-state index in [4.69, 9.17) is 4.74 Å². The standard InChI is InChI=1S/C21H26N4O3/c1-2-28-21(27)25-14-12-24(13-15-25)18-8-9-19(23-16-18)20(26)22-11-10-17-6-4-3-5-7-17/h3-9,16H,2,10-15H2,1H3,(H,22,26). The lowest BCUT2D eigenvalue weighted by molar-refractivity contribution is 0.0948. The van der Waals surface area contributed by atoms with Crippen LogP contribution in [0, 0.1) is 0 Å². The molecule has 1 aliphatic rings. The molecule has 0 spiro atoms. The Bertz CT molecular complexity index is 772. The van der Waals surface area contributed by atoms with Crippen molar-refractivity contribution in [2.75, 3.05) is 44.2 Å². The third-order valence-electron chi connectivity index (χ3n) is 4.69. The number of aromatic nitrogens is 1. The van der Waals surface area contributed by atoms with E-state index in [2.05, 4.69) is 15.2 Å². The molecule has 0 atom stereocenters. The van der Waals surface area contributed by atoms with Gasteiger partial charge in [0.1, 0.15) is 5.69 Å². The van der Waals surface area contributed by atoms with Gasteiger partial charge in [0.2, 0.25) is 0 Å². The Morgan fingerprint density at radius 3 is 2.46 bits per heavy atom. The maximum Gasteiger partial charge on any atom is 0.409 e. The molecule has 1 fully saturated rings. The molecule has 148 valence electrons. The summed E-state index contributed by atoms with van der Waals surface area (Å²) in [5, 5.41) is 2.90. The molecule has 0 unspecified atom stereocenters. The third kappa shape index (κ3) is 5.22. The topological polar surface area (TPSA) is 74.8 Å². The highest BCUT2D eigenvalue weighted by Crippen LogP contribution is 2.16. The Kier molecular flexibility index (Phi) is 6.84. The molecule has 0 aliphatic carbocycles. The molecule has 2 aromatic rings. The lowest BCUT2D eigenvalue weighted by Gasteiger charge is -2.35. The normalized spacial score (nSPS) is 13.9. The summed E-state index contributed by atoms with van der Waals surface area (Å²) in [7, 11) is 0. The second-order valence-corrected chi connectivity index (χ2v) is 6.57. The van der Waals surface area contributed by atoms with Gasteiger partial charge in [-0.15, -0.1) is 0 Å². The van der Waals surface area contributed by atoms with Crippen LogP contribution < -0.4 is 10.2 Å². The SMILES string of the molecule is CCOC(=O)N1CCN(c2ccc(C(=O)NCCc3ccccc3)nc2)CC1. The summed E-state index contributed by atoms with van der Waals surface area (Å²) in [4.78, 5) is 32.2. The fourth-order valence-electron chi connectivity index (χ4n) is 3.13. The first kappa shape index (κ1) is 19.7. The zero-order valence-electron chi connectivity index (χ0n) is 16.1. The molecule has 0 radical (unpaired) electrons. The second kappa shape index (κ2) is 9.73. The number of ether oxygens (including phenoxy) is 1. The molecule has 3 rings (SSSR count). The molecular weight excluding hydrogens is 356 g/mol. The van der Waals surface area contributed by atoms with E-state index < -0.39 is 0 Å². The van der Waals surface area contributed by atoms with Gasteiger partial charge < -0.3 is 19.9 Å². The number of piperazine rings is 1. The molecule has 1 N–H and O–H groups in total. The number of rotatable bonds is 6. The molecule has 1 saturated heterocycles. The zero-order valence-corrected chi connectivity index (χ0v) is 16.1. The second-order valence-electron chi connectivity index (χ2n) is 6.57. The predicted octanol–water partition coefficient (Wildman–Crippen LogP) is 2.33. The maximum atomic E-state index is 12.3. The van der Waals surface area contributed by atoms with E-state index >= 15 is 0 Å². The van der Waals surface area contributed by atoms with Crippen LogP contribution >= 0.6 is 0 Å². The van der Waals surface area contributed by atoms with Crippen LogP contribution in [0.25, 0.3) is 0 Å². The average molecular weight is 382 g/mol. The van der Waals surface area contributed by atoms with Gasteiger partial charge in [-0.05, 0) is 31.0 Å². The first-order valence-corrected chi connectivity index (χ1v) is 9.62. The highest BCUT2D eigenvalue weighted by molar-refractivity contribution is 5.92. The number of carbonyl (C=O) groups excluding carboxylic acids is 2. The lowest BCUT2D eigenvalue weighted by Crippen LogP contribution is -2.49. The van der Waals surface area contributed by atoms with Crippen molar-refractivity contribution in [2.45, 2.75) is 13.3 Å². The summed E-state index contributed by atoms with van der Waals surface area (Å²) in [6, 6.07) is 13.7. The van der Waals surface area contributed by atoms with Gasteiger partial charge in [0.05, 0.1) is 18.5 Å². The van der Waals surface area contributed by atoms with E-state index in [1.165, 1.54) is 5.56 Å². The van der Waals surface area contributed by atoms with E-state index in [1.807, 2.05) is 36.4 Å². The first-order chi connectivity index (χ1) is 13.7. The Morgan fingerprint density at radius 1 is 1.07 bits per heavy atom. The molecule has 7 heteroatoms. The first-order valence-electron chi connectivity index (χ1n) is 9.62. The van der Waals surface area contributed by atoms with Crippen LogP contribution in [0.15, 0.2) is 48.7 Å². The highest BCUT2D eigenvalue weighted by Gasteiger charge is 2.22. The van der Waals surface area contributed by atoms with Crippen LogP contribution in [0.2, 0.25) is 0 Å². The minimum atomic E-state index is -0.261. The molecule has 0 saturated carbocycles. The number of hydrogen-bond donors (Lipinski definition) is 1. The molecule has 1 aromatic heterocycles. The number of carbonyl (C=O) groups is 2. The van der Waals surface area contributed by atoms with Crippen LogP contribution in [0.1, 0.15) is 23.0 Å². The molecule has 1 aliphatic heterocycles. The molecule has 28 heavy (non-hydrogen) atoms. The Balaban J connectivity index is 1.47. The molecule has 7 nitrogen and oxygen atoms in total. The largest absolute Gasteiger partial charge is 0.450 e. The van der Waals surface area contributed by atoms with Crippen molar-refractivity contribution in [2.24, 2.45) is 0 Å². The van der Waals surface area contributed by atoms with Crippen LogP contribution in [-0.2, 0) is 11.2 Å². The minimum Gasteiger partial charge on any atom is -0.450 e. The lowest BCUT2D eigenvalue weighted by atomic mass is 10.1. The van der Waals surface area contributed by atoms with E-state index in [9.17, 15) is 9.59 Å². The van der Waals surface area contributed by atoms with Crippen molar-refractivity contribution in [3.05, 3.63) is 59.9 Å². The Morgan fingerprint density at radius 2 is 1.82 bits per heavy atom. The summed E-state index contributed by atoms with van der Waals surface area (Å²) < 4.78 is 5.04. The van der Waals surface area contributed by atoms with E-state index in [1.54, 1.807) is 24.1 Å². The van der Waals surface area contributed by atoms with Crippen molar-refractivity contribution in [3.63, 3.8) is 0 Å². The van der Waals surface area contributed by atoms with Gasteiger partial charge in [-0.25, -0.2) is 9.78 Å². The van der Waals surface area contributed by atoms with Crippen LogP contribution in [0.3, 0.4) is 0 Å². The summed E-state index contributed by atoms with van der Waals surface area (Å²) in [6.07, 6.45) is 2.24. The van der Waals surface area contributed by atoms with Crippen molar-refractivity contribution < 1.29 is 14.3 Å². The summed E-state index contributed by atoms with van der Waals surface area (Å²) >= 11 is 0. The predicted molar refractivity (Wildman–Crippen MR) is 108 cm³/mol. The highest BCUT2D eigenvalue weighted by atomic mass is 16.6. The number of nitrogens with one attached hydrogen (secondary N) is 1. The van der Waals surface area contributed by atoms with Crippen molar-refractivity contribution in [1.29, 1.82) is 0 Å². The summed E-state index contributed by atoms with van der Waals surface area (Å²) in [6.45, 7) is 5.41. The van der Waals surface area contributed by atoms with Crippen LogP contribution in [0.4, 0.5) is 10.5 Å². The van der Waals surface area contributed by atoms with Gasteiger partial charge in [0.25, 0.3) is 5.91 Å². The van der Waals surface area contributed by atoms with Gasteiger partial charge in [-0.3, -0.25) is 4.79 Å². The van der Waals surface area contributed by atoms with Crippen LogP contribution in [-0.4, -0.2) is 61.2 Å². The number of nitrogens with zero attached hydrogens (tertiary/aromatic N) is 3. The monoisotopic (exact) mass is 382 g/mol.